The number of rotatable bonds is 1. The molecular weight excluding hydrogens is 159 g/mol. The number of benzene rings is 1. The van der Waals surface area contributed by atoms with Gasteiger partial charge in [0.15, 0.2) is 11.6 Å². The number of aromatic amines is 1. The Balaban J connectivity index is 2.78. The Labute approximate surface area is 68.2 Å². The van der Waals surface area contributed by atoms with E-state index in [1.165, 1.54) is 13.3 Å². The van der Waals surface area contributed by atoms with Gasteiger partial charge in [-0.2, -0.15) is 5.10 Å². The van der Waals surface area contributed by atoms with Crippen LogP contribution in [-0.2, 0) is 0 Å². The van der Waals surface area contributed by atoms with Crippen molar-refractivity contribution >= 4 is 10.9 Å². The van der Waals surface area contributed by atoms with E-state index >= 15 is 0 Å². The normalized spacial score (nSPS) is 10.5. The molecule has 0 amide bonds. The largest absolute Gasteiger partial charge is 0.494 e. The maximum Gasteiger partial charge on any atom is 0.176 e. The summed E-state index contributed by atoms with van der Waals surface area (Å²) in [5, 5.41) is 6.84. The molecule has 0 fully saturated rings. The fourth-order valence-corrected chi connectivity index (χ4v) is 1.12. The molecular formula is C8H7FN2O. The van der Waals surface area contributed by atoms with Crippen LogP contribution in [0.4, 0.5) is 4.39 Å². The molecule has 0 spiro atoms. The predicted molar refractivity (Wildman–Crippen MR) is 42.6 cm³/mol. The SMILES string of the molecule is COc1ccc2[nH]ncc2c1F. The van der Waals surface area contributed by atoms with Crippen LogP contribution in [0.2, 0.25) is 0 Å². The summed E-state index contributed by atoms with van der Waals surface area (Å²) in [4.78, 5) is 0. The lowest BCUT2D eigenvalue weighted by Crippen LogP contribution is -1.87. The smallest absolute Gasteiger partial charge is 0.176 e. The molecule has 0 atom stereocenters. The van der Waals surface area contributed by atoms with Crippen molar-refractivity contribution in [3.63, 3.8) is 0 Å². The first-order valence-electron chi connectivity index (χ1n) is 3.48. The molecule has 0 unspecified atom stereocenters. The summed E-state index contributed by atoms with van der Waals surface area (Å²) in [5.41, 5.74) is 0.674. The van der Waals surface area contributed by atoms with Gasteiger partial charge in [0.05, 0.1) is 24.2 Å². The molecule has 12 heavy (non-hydrogen) atoms. The zero-order valence-electron chi connectivity index (χ0n) is 6.47. The Hall–Kier alpha value is -1.58. The van der Waals surface area contributed by atoms with E-state index in [2.05, 4.69) is 10.2 Å². The summed E-state index contributed by atoms with van der Waals surface area (Å²) in [6.07, 6.45) is 1.44. The number of hydrogen-bond acceptors (Lipinski definition) is 2. The predicted octanol–water partition coefficient (Wildman–Crippen LogP) is 1.71. The molecule has 4 heteroatoms. The van der Waals surface area contributed by atoms with Gasteiger partial charge >= 0.3 is 0 Å². The number of ether oxygens (including phenoxy) is 1. The standard InChI is InChI=1S/C8H7FN2O/c1-12-7-3-2-6-5(8(7)9)4-10-11-6/h2-4H,1H3,(H,10,11). The number of H-pyrrole nitrogens is 1. The minimum atomic E-state index is -0.372. The van der Waals surface area contributed by atoms with Crippen LogP contribution in [0.15, 0.2) is 18.3 Å². The molecule has 0 aliphatic heterocycles. The van der Waals surface area contributed by atoms with E-state index in [-0.39, 0.29) is 11.6 Å². The molecule has 0 radical (unpaired) electrons. The van der Waals surface area contributed by atoms with Crippen molar-refractivity contribution < 1.29 is 9.13 Å². The van der Waals surface area contributed by atoms with Gasteiger partial charge in [0.1, 0.15) is 0 Å². The lowest BCUT2D eigenvalue weighted by molar-refractivity contribution is 0.389. The fourth-order valence-electron chi connectivity index (χ4n) is 1.12. The summed E-state index contributed by atoms with van der Waals surface area (Å²) in [6.45, 7) is 0. The molecule has 1 aromatic heterocycles. The maximum absolute atomic E-state index is 13.3. The van der Waals surface area contributed by atoms with Gasteiger partial charge in [-0.15, -0.1) is 0 Å². The highest BCUT2D eigenvalue weighted by Crippen LogP contribution is 2.23. The van der Waals surface area contributed by atoms with Gasteiger partial charge in [0.25, 0.3) is 0 Å². The van der Waals surface area contributed by atoms with Crippen molar-refractivity contribution in [3.05, 3.63) is 24.1 Å². The number of methoxy groups -OCH3 is 1. The molecule has 1 aromatic carbocycles. The first-order valence-corrected chi connectivity index (χ1v) is 3.48. The van der Waals surface area contributed by atoms with Crippen molar-refractivity contribution in [2.75, 3.05) is 7.11 Å². The molecule has 0 bridgehead atoms. The highest BCUT2D eigenvalue weighted by atomic mass is 19.1. The number of hydrogen-bond donors (Lipinski definition) is 1. The summed E-state index contributed by atoms with van der Waals surface area (Å²) in [7, 11) is 1.43. The van der Waals surface area contributed by atoms with Crippen LogP contribution in [0.1, 0.15) is 0 Å². The van der Waals surface area contributed by atoms with Crippen LogP contribution in [0.5, 0.6) is 5.75 Å². The summed E-state index contributed by atoms with van der Waals surface area (Å²) < 4.78 is 18.1. The van der Waals surface area contributed by atoms with Crippen LogP contribution in [0, 0.1) is 5.82 Å². The minimum Gasteiger partial charge on any atom is -0.494 e. The van der Waals surface area contributed by atoms with Gasteiger partial charge in [0, 0.05) is 0 Å². The molecule has 62 valence electrons. The topological polar surface area (TPSA) is 37.9 Å². The van der Waals surface area contributed by atoms with Crippen molar-refractivity contribution in [3.8, 4) is 5.75 Å². The Morgan fingerprint density at radius 1 is 1.50 bits per heavy atom. The van der Waals surface area contributed by atoms with E-state index < -0.39 is 0 Å². The van der Waals surface area contributed by atoms with Gasteiger partial charge in [-0.1, -0.05) is 0 Å². The molecule has 3 nitrogen and oxygen atoms in total. The van der Waals surface area contributed by atoms with Gasteiger partial charge < -0.3 is 4.74 Å². The second kappa shape index (κ2) is 2.48. The first kappa shape index (κ1) is 7.09. The molecule has 0 aliphatic carbocycles. The highest BCUT2D eigenvalue weighted by Gasteiger charge is 2.07. The van der Waals surface area contributed by atoms with Crippen LogP contribution >= 0.6 is 0 Å². The van der Waals surface area contributed by atoms with Gasteiger partial charge in [-0.05, 0) is 12.1 Å². The summed E-state index contributed by atoms with van der Waals surface area (Å²) in [5.74, 6) is -0.132. The molecule has 0 saturated carbocycles. The zero-order valence-corrected chi connectivity index (χ0v) is 6.47. The zero-order chi connectivity index (χ0) is 8.55. The molecule has 2 aromatic rings. The monoisotopic (exact) mass is 166 g/mol. The van der Waals surface area contributed by atoms with E-state index in [0.29, 0.717) is 10.9 Å². The Morgan fingerprint density at radius 2 is 2.33 bits per heavy atom. The Bertz CT molecular complexity index is 410. The summed E-state index contributed by atoms with van der Waals surface area (Å²) >= 11 is 0. The van der Waals surface area contributed by atoms with Gasteiger partial charge in [-0.25, -0.2) is 4.39 Å². The van der Waals surface area contributed by atoms with Gasteiger partial charge in [-0.3, -0.25) is 5.10 Å². The van der Waals surface area contributed by atoms with Crippen LogP contribution in [-0.4, -0.2) is 17.3 Å². The quantitative estimate of drug-likeness (QED) is 0.700. The van der Waals surface area contributed by atoms with Crippen molar-refractivity contribution in [2.45, 2.75) is 0 Å². The number of aromatic nitrogens is 2. The van der Waals surface area contributed by atoms with E-state index in [9.17, 15) is 4.39 Å². The fraction of sp³-hybridized carbons (Fsp3) is 0.125. The second-order valence-electron chi connectivity index (χ2n) is 2.41. The molecule has 1 heterocycles. The lowest BCUT2D eigenvalue weighted by Gasteiger charge is -2.00. The summed E-state index contributed by atoms with van der Waals surface area (Å²) in [6, 6.07) is 3.29. The number of halogens is 1. The Morgan fingerprint density at radius 3 is 3.08 bits per heavy atom. The van der Waals surface area contributed by atoms with E-state index in [0.717, 1.165) is 0 Å². The van der Waals surface area contributed by atoms with Crippen LogP contribution in [0.25, 0.3) is 10.9 Å². The van der Waals surface area contributed by atoms with E-state index in [1.807, 2.05) is 0 Å². The van der Waals surface area contributed by atoms with Crippen molar-refractivity contribution in [1.29, 1.82) is 0 Å². The second-order valence-corrected chi connectivity index (χ2v) is 2.41. The number of nitrogens with zero attached hydrogens (tertiary/aromatic N) is 1. The minimum absolute atomic E-state index is 0.240. The maximum atomic E-state index is 13.3. The highest BCUT2D eigenvalue weighted by molar-refractivity contribution is 5.80. The average Bonchev–Trinajstić information content (AvgIpc) is 2.53. The average molecular weight is 166 g/mol. The third kappa shape index (κ3) is 0.845. The molecule has 1 N–H and O–H groups in total. The van der Waals surface area contributed by atoms with Crippen molar-refractivity contribution in [1.82, 2.24) is 10.2 Å². The lowest BCUT2D eigenvalue weighted by atomic mass is 10.2. The molecule has 0 saturated heterocycles. The van der Waals surface area contributed by atoms with E-state index in [4.69, 9.17) is 4.74 Å². The van der Waals surface area contributed by atoms with E-state index in [1.54, 1.807) is 12.1 Å². The molecule has 0 aliphatic rings. The van der Waals surface area contributed by atoms with Crippen molar-refractivity contribution in [2.24, 2.45) is 0 Å². The third-order valence-electron chi connectivity index (χ3n) is 1.74. The number of nitrogens with one attached hydrogen (secondary N) is 1. The Kier molecular flexibility index (Phi) is 1.46. The third-order valence-corrected chi connectivity index (χ3v) is 1.74. The van der Waals surface area contributed by atoms with Crippen LogP contribution in [0.3, 0.4) is 0 Å². The molecule has 2 rings (SSSR count). The first-order chi connectivity index (χ1) is 5.83. The van der Waals surface area contributed by atoms with Gasteiger partial charge in [0.2, 0.25) is 0 Å². The number of fused-ring (bicyclic) bond motifs is 1. The van der Waals surface area contributed by atoms with Crippen LogP contribution < -0.4 is 4.74 Å².